The molecule has 0 aliphatic rings. The number of rotatable bonds is 4. The van der Waals surface area contributed by atoms with Gasteiger partial charge in [-0.2, -0.15) is 0 Å². The van der Waals surface area contributed by atoms with Crippen LogP contribution in [0.1, 0.15) is 40.9 Å². The van der Waals surface area contributed by atoms with E-state index < -0.39 is 0 Å². The minimum absolute atomic E-state index is 0.0837. The molecule has 0 heterocycles. The molecule has 0 atom stereocenters. The Bertz CT molecular complexity index is 649. The van der Waals surface area contributed by atoms with E-state index in [1.54, 1.807) is 18.2 Å². The van der Waals surface area contributed by atoms with Crippen molar-refractivity contribution in [1.29, 1.82) is 0 Å². The first-order valence-corrected chi connectivity index (χ1v) is 7.16. The third-order valence-electron chi connectivity index (χ3n) is 3.47. The van der Waals surface area contributed by atoms with E-state index in [2.05, 4.69) is 13.8 Å². The molecule has 0 saturated heterocycles. The first-order chi connectivity index (χ1) is 9.56. The number of anilines is 1. The Morgan fingerprint density at radius 2 is 1.75 bits per heavy atom. The molecule has 0 radical (unpaired) electrons. The average molecular weight is 288 g/mol. The molecule has 0 amide bonds. The summed E-state index contributed by atoms with van der Waals surface area (Å²) in [6, 6.07) is 10.8. The summed E-state index contributed by atoms with van der Waals surface area (Å²) in [5.41, 5.74) is 9.88. The van der Waals surface area contributed by atoms with E-state index in [0.29, 0.717) is 21.8 Å². The van der Waals surface area contributed by atoms with Gasteiger partial charge < -0.3 is 5.73 Å². The van der Waals surface area contributed by atoms with Gasteiger partial charge >= 0.3 is 0 Å². The molecule has 0 spiro atoms. The van der Waals surface area contributed by atoms with Gasteiger partial charge in [-0.1, -0.05) is 37.6 Å². The summed E-state index contributed by atoms with van der Waals surface area (Å²) in [6.07, 6.45) is 1.88. The Hall–Kier alpha value is -1.80. The van der Waals surface area contributed by atoms with Crippen molar-refractivity contribution in [1.82, 2.24) is 0 Å². The van der Waals surface area contributed by atoms with Crippen LogP contribution in [0.3, 0.4) is 0 Å². The lowest BCUT2D eigenvalue weighted by Gasteiger charge is -2.09. The fourth-order valence-electron chi connectivity index (χ4n) is 2.31. The minimum Gasteiger partial charge on any atom is -0.399 e. The van der Waals surface area contributed by atoms with Gasteiger partial charge in [0.25, 0.3) is 0 Å². The predicted molar refractivity (Wildman–Crippen MR) is 84.5 cm³/mol. The van der Waals surface area contributed by atoms with Crippen molar-refractivity contribution in [3.8, 4) is 0 Å². The third kappa shape index (κ3) is 2.86. The van der Waals surface area contributed by atoms with Crippen LogP contribution in [0.2, 0.25) is 5.02 Å². The highest BCUT2D eigenvalue weighted by molar-refractivity contribution is 6.35. The molecule has 2 aromatic carbocycles. The number of hydrogen-bond donors (Lipinski definition) is 1. The number of halogens is 1. The number of benzene rings is 2. The summed E-state index contributed by atoms with van der Waals surface area (Å²) in [5.74, 6) is -0.0837. The van der Waals surface area contributed by atoms with Crippen molar-refractivity contribution in [3.05, 3.63) is 63.7 Å². The number of carbonyl (C=O) groups is 1. The number of nitrogen functional groups attached to an aromatic ring is 1. The van der Waals surface area contributed by atoms with Crippen LogP contribution in [0.4, 0.5) is 5.69 Å². The van der Waals surface area contributed by atoms with Gasteiger partial charge in [0.1, 0.15) is 0 Å². The van der Waals surface area contributed by atoms with Gasteiger partial charge in [0.15, 0.2) is 5.78 Å². The number of hydrogen-bond acceptors (Lipinski definition) is 2. The van der Waals surface area contributed by atoms with Gasteiger partial charge in [-0.25, -0.2) is 0 Å². The highest BCUT2D eigenvalue weighted by Gasteiger charge is 2.14. The lowest BCUT2D eigenvalue weighted by Crippen LogP contribution is -2.05. The van der Waals surface area contributed by atoms with Crippen LogP contribution in [0.25, 0.3) is 0 Å². The molecule has 0 saturated carbocycles. The summed E-state index contributed by atoms with van der Waals surface area (Å²) in [7, 11) is 0. The fourth-order valence-corrected chi connectivity index (χ4v) is 2.52. The van der Waals surface area contributed by atoms with E-state index in [1.165, 1.54) is 11.1 Å². The summed E-state index contributed by atoms with van der Waals surface area (Å²) in [6.45, 7) is 4.21. The lowest BCUT2D eigenvalue weighted by molar-refractivity contribution is 0.103. The van der Waals surface area contributed by atoms with Crippen molar-refractivity contribution in [2.24, 2.45) is 0 Å². The first kappa shape index (κ1) is 14.6. The van der Waals surface area contributed by atoms with E-state index in [1.807, 2.05) is 18.2 Å². The first-order valence-electron chi connectivity index (χ1n) is 6.78. The topological polar surface area (TPSA) is 43.1 Å². The second-order valence-electron chi connectivity index (χ2n) is 4.76. The Balaban J connectivity index is 2.45. The SMILES string of the molecule is CCc1ccc(C(=O)c2cc(N)ccc2Cl)cc1CC. The third-order valence-corrected chi connectivity index (χ3v) is 3.79. The van der Waals surface area contributed by atoms with Crippen molar-refractivity contribution in [3.63, 3.8) is 0 Å². The molecular formula is C17H18ClNO. The van der Waals surface area contributed by atoms with E-state index >= 15 is 0 Å². The zero-order chi connectivity index (χ0) is 14.7. The molecule has 20 heavy (non-hydrogen) atoms. The van der Waals surface area contributed by atoms with Crippen LogP contribution in [-0.2, 0) is 12.8 Å². The number of aryl methyl sites for hydroxylation is 2. The van der Waals surface area contributed by atoms with Gasteiger partial charge in [-0.3, -0.25) is 4.79 Å². The maximum absolute atomic E-state index is 12.5. The van der Waals surface area contributed by atoms with Crippen LogP contribution in [0, 0.1) is 0 Å². The van der Waals surface area contributed by atoms with E-state index in [9.17, 15) is 4.79 Å². The van der Waals surface area contributed by atoms with Gasteiger partial charge in [-0.05, 0) is 48.2 Å². The number of ketones is 1. The van der Waals surface area contributed by atoms with Gasteiger partial charge in [0.05, 0.1) is 5.02 Å². The summed E-state index contributed by atoms with van der Waals surface area (Å²) in [4.78, 5) is 12.5. The molecule has 0 aromatic heterocycles. The Labute approximate surface area is 124 Å². The number of nitrogens with two attached hydrogens (primary N) is 1. The van der Waals surface area contributed by atoms with Crippen molar-refractivity contribution >= 4 is 23.1 Å². The van der Waals surface area contributed by atoms with Gasteiger partial charge in [0.2, 0.25) is 0 Å². The zero-order valence-corrected chi connectivity index (χ0v) is 12.5. The standard InChI is InChI=1S/C17H18ClNO/c1-3-11-5-6-13(9-12(11)4-2)17(20)15-10-14(19)7-8-16(15)18/h5-10H,3-4,19H2,1-2H3. The monoisotopic (exact) mass is 287 g/mol. The normalized spacial score (nSPS) is 10.6. The maximum Gasteiger partial charge on any atom is 0.194 e. The number of carbonyl (C=O) groups excluding carboxylic acids is 1. The zero-order valence-electron chi connectivity index (χ0n) is 11.7. The molecule has 2 N–H and O–H groups in total. The smallest absolute Gasteiger partial charge is 0.194 e. The van der Waals surface area contributed by atoms with Gasteiger partial charge in [-0.15, -0.1) is 0 Å². The van der Waals surface area contributed by atoms with Gasteiger partial charge in [0, 0.05) is 16.8 Å². The fraction of sp³-hybridized carbons (Fsp3) is 0.235. The molecular weight excluding hydrogens is 270 g/mol. The molecule has 0 unspecified atom stereocenters. The second kappa shape index (κ2) is 6.10. The molecule has 2 nitrogen and oxygen atoms in total. The average Bonchev–Trinajstić information content (AvgIpc) is 2.48. The van der Waals surface area contributed by atoms with E-state index in [-0.39, 0.29) is 5.78 Å². The quantitative estimate of drug-likeness (QED) is 0.674. The van der Waals surface area contributed by atoms with Crippen molar-refractivity contribution < 1.29 is 4.79 Å². The Morgan fingerprint density at radius 3 is 2.40 bits per heavy atom. The van der Waals surface area contributed by atoms with Crippen LogP contribution in [0.15, 0.2) is 36.4 Å². The Kier molecular flexibility index (Phi) is 4.46. The predicted octanol–water partition coefficient (Wildman–Crippen LogP) is 4.28. The molecule has 0 aliphatic heterocycles. The molecule has 2 rings (SSSR count). The molecule has 2 aromatic rings. The highest BCUT2D eigenvalue weighted by Crippen LogP contribution is 2.23. The molecule has 0 aliphatic carbocycles. The lowest BCUT2D eigenvalue weighted by atomic mass is 9.96. The molecule has 104 valence electrons. The van der Waals surface area contributed by atoms with Crippen LogP contribution >= 0.6 is 11.6 Å². The molecule has 0 bridgehead atoms. The molecule has 3 heteroatoms. The summed E-state index contributed by atoms with van der Waals surface area (Å²) in [5, 5.41) is 0.432. The highest BCUT2D eigenvalue weighted by atomic mass is 35.5. The summed E-state index contributed by atoms with van der Waals surface area (Å²) >= 11 is 6.10. The maximum atomic E-state index is 12.5. The van der Waals surface area contributed by atoms with Crippen LogP contribution in [-0.4, -0.2) is 5.78 Å². The van der Waals surface area contributed by atoms with Crippen LogP contribution < -0.4 is 5.73 Å². The molecule has 0 fully saturated rings. The van der Waals surface area contributed by atoms with E-state index in [0.717, 1.165) is 12.8 Å². The van der Waals surface area contributed by atoms with Crippen molar-refractivity contribution in [2.45, 2.75) is 26.7 Å². The minimum atomic E-state index is -0.0837. The summed E-state index contributed by atoms with van der Waals surface area (Å²) < 4.78 is 0. The second-order valence-corrected chi connectivity index (χ2v) is 5.17. The largest absolute Gasteiger partial charge is 0.399 e. The van der Waals surface area contributed by atoms with Crippen LogP contribution in [0.5, 0.6) is 0 Å². The Morgan fingerprint density at radius 1 is 1.05 bits per heavy atom. The van der Waals surface area contributed by atoms with E-state index in [4.69, 9.17) is 17.3 Å². The van der Waals surface area contributed by atoms with Crippen molar-refractivity contribution in [2.75, 3.05) is 5.73 Å².